The Morgan fingerprint density at radius 3 is 1.33 bits per heavy atom. The van der Waals surface area contributed by atoms with Crippen molar-refractivity contribution in [2.75, 3.05) is 0 Å². The van der Waals surface area contributed by atoms with Crippen molar-refractivity contribution in [1.29, 1.82) is 0 Å². The van der Waals surface area contributed by atoms with Gasteiger partial charge in [0.25, 0.3) is 0 Å². The van der Waals surface area contributed by atoms with E-state index in [1.54, 1.807) is 68.0 Å². The van der Waals surface area contributed by atoms with Crippen LogP contribution in [0.1, 0.15) is 160 Å². The predicted molar refractivity (Wildman–Crippen MR) is 329 cm³/mol. The first-order valence-corrected chi connectivity index (χ1v) is 34.5. The number of unbranched alkanes of at least 4 members (excludes halogenated alkanes) is 12. The summed E-state index contributed by atoms with van der Waals surface area (Å²) in [5.74, 6) is 0. The van der Waals surface area contributed by atoms with Gasteiger partial charge in [0.2, 0.25) is 0 Å². The van der Waals surface area contributed by atoms with Crippen molar-refractivity contribution in [2.45, 2.75) is 164 Å². The van der Waals surface area contributed by atoms with Crippen LogP contribution in [0.5, 0.6) is 0 Å². The summed E-state index contributed by atoms with van der Waals surface area (Å²) in [7, 11) is 0. The van der Waals surface area contributed by atoms with Crippen molar-refractivity contribution >= 4 is 217 Å². The molecule has 6 aromatic rings. The molecular formula is C49H65Br9MgNiS6-. The van der Waals surface area contributed by atoms with Crippen LogP contribution >= 0.6 is 194 Å². The molecule has 0 saturated carbocycles. The fourth-order valence-corrected chi connectivity index (χ4v) is 15.1. The summed E-state index contributed by atoms with van der Waals surface area (Å²) in [6.45, 7) is 8.99. The van der Waals surface area contributed by atoms with Gasteiger partial charge in [0, 0.05) is 9.75 Å². The van der Waals surface area contributed by atoms with Crippen LogP contribution in [-0.2, 0) is 39.4 Å². The van der Waals surface area contributed by atoms with Gasteiger partial charge in [-0.05, 0) is 158 Å². The van der Waals surface area contributed by atoms with E-state index in [1.165, 1.54) is 187 Å². The molecule has 0 amide bonds. The molecule has 0 radical (unpaired) electrons. The Kier molecular flexibility index (Phi) is 55.7. The van der Waals surface area contributed by atoms with Crippen LogP contribution in [0.2, 0.25) is 0 Å². The van der Waals surface area contributed by atoms with Gasteiger partial charge in [-0.15, -0.1) is 88.0 Å². The summed E-state index contributed by atoms with van der Waals surface area (Å²) in [4.78, 5) is 2.63. The van der Waals surface area contributed by atoms with E-state index in [-0.39, 0.29) is 47.5 Å². The van der Waals surface area contributed by atoms with Gasteiger partial charge in [0.15, 0.2) is 0 Å². The molecule has 0 aromatic carbocycles. The van der Waals surface area contributed by atoms with E-state index in [4.69, 9.17) is 0 Å². The second-order valence-corrected chi connectivity index (χ2v) is 29.8. The van der Waals surface area contributed by atoms with E-state index in [2.05, 4.69) is 232 Å². The van der Waals surface area contributed by atoms with Crippen molar-refractivity contribution in [1.82, 2.24) is 0 Å². The van der Waals surface area contributed by atoms with Crippen LogP contribution < -0.4 is 17.0 Å². The van der Waals surface area contributed by atoms with E-state index in [9.17, 15) is 0 Å². The molecule has 0 saturated heterocycles. The Bertz CT molecular complexity index is 1870. The van der Waals surface area contributed by atoms with Gasteiger partial charge in [0.05, 0.1) is 18.9 Å². The Morgan fingerprint density at radius 1 is 0.485 bits per heavy atom. The molecule has 0 unspecified atom stereocenters. The quantitative estimate of drug-likeness (QED) is 0.0383. The van der Waals surface area contributed by atoms with Crippen LogP contribution in [0.15, 0.2) is 80.4 Å². The van der Waals surface area contributed by atoms with Crippen molar-refractivity contribution in [3.63, 3.8) is 0 Å². The van der Waals surface area contributed by atoms with E-state index in [1.807, 2.05) is 0 Å². The molecule has 0 N–H and O–H groups in total. The predicted octanol–water partition coefficient (Wildman–Crippen LogP) is 22.0. The Hall–Kier alpha value is 3.78. The summed E-state index contributed by atoms with van der Waals surface area (Å²) in [6.07, 6.45) is 26.4. The topological polar surface area (TPSA) is 0 Å². The zero-order valence-corrected chi connectivity index (χ0v) is 59.3. The standard InChI is InChI=1S/C10H14Br2S.C10H15BrS.2C10H14BrS.C8H4Br2S2.CH4.2BrH.Mg.Ni/c1-2-3-4-5-6-8-7-9(11)13-10(8)12;2*1-2-3-4-5-6-9-7-10(11)12-8-9;1-2-3-4-5-6-9-7-8-12-10(9)11;9-7-3-1-5(11-7)6-2-4-8(10)12-6;;;;;/h7H,2-6H2,1H3;7-8H,2-6H2,1H3;2*7H,2-6H2,1H3;1-4H;1H4;2*1H;;/q;;2*-1;;;;;+2;+1/p-2. The number of aryl methyl sites for hydroxylation is 4. The zero-order valence-electron chi connectivity index (χ0n) is 37.7. The molecule has 0 fully saturated rings. The van der Waals surface area contributed by atoms with Crippen molar-refractivity contribution in [2.24, 2.45) is 0 Å². The molecule has 0 aliphatic heterocycles. The van der Waals surface area contributed by atoms with Crippen molar-refractivity contribution in [3.05, 3.63) is 113 Å². The van der Waals surface area contributed by atoms with Crippen molar-refractivity contribution < 1.29 is 30.7 Å². The normalized spacial score (nSPS) is 9.85. The van der Waals surface area contributed by atoms with Crippen LogP contribution in [0.3, 0.4) is 0 Å². The van der Waals surface area contributed by atoms with E-state index in [0.29, 0.717) is 0 Å². The number of hydrogen-bond acceptors (Lipinski definition) is 6. The Labute approximate surface area is 526 Å². The third-order valence-electron chi connectivity index (χ3n) is 9.16. The third-order valence-corrected chi connectivity index (χ3v) is 19.7. The molecule has 0 spiro atoms. The summed E-state index contributed by atoms with van der Waals surface area (Å²) in [6, 6.07) is 17.1. The van der Waals surface area contributed by atoms with E-state index >= 15 is 0 Å². The molecule has 0 atom stereocenters. The van der Waals surface area contributed by atoms with E-state index < -0.39 is 0 Å². The molecule has 17 heteroatoms. The molecule has 66 heavy (non-hydrogen) atoms. The zero-order chi connectivity index (χ0) is 46.7. The monoisotopic (exact) mass is 1640 g/mol. The molecule has 373 valence electrons. The molecule has 0 aliphatic rings. The van der Waals surface area contributed by atoms with E-state index in [0.717, 1.165) is 0 Å². The Balaban J connectivity index is -0.000000736. The van der Waals surface area contributed by atoms with Crippen LogP contribution in [-0.4, -0.2) is 23.1 Å². The maximum atomic E-state index is 3.69. The van der Waals surface area contributed by atoms with Gasteiger partial charge in [-0.2, -0.15) is 23.3 Å². The first-order chi connectivity index (χ1) is 30.5. The van der Waals surface area contributed by atoms with Gasteiger partial charge in [-0.3, -0.25) is 22.7 Å². The van der Waals surface area contributed by atoms with Gasteiger partial charge < -0.3 is 17.0 Å². The number of hydrogen-bond donors (Lipinski definition) is 0. The van der Waals surface area contributed by atoms with Crippen molar-refractivity contribution in [3.8, 4) is 9.75 Å². The fraction of sp³-hybridized carbons (Fsp3) is 0.510. The van der Waals surface area contributed by atoms with Crippen LogP contribution in [0.25, 0.3) is 9.75 Å². The molecule has 6 heterocycles. The number of rotatable bonds is 21. The van der Waals surface area contributed by atoms with Gasteiger partial charge in [-0.1, -0.05) is 145 Å². The Morgan fingerprint density at radius 2 is 0.970 bits per heavy atom. The molecule has 0 nitrogen and oxygen atoms in total. The first-order valence-electron chi connectivity index (χ1n) is 21.6. The summed E-state index contributed by atoms with van der Waals surface area (Å²) in [5, 5.41) is 8.66. The minimum absolute atomic E-state index is 0. The molecular weight excluding hydrogens is 1580 g/mol. The second-order valence-electron chi connectivity index (χ2n) is 14.4. The minimum atomic E-state index is 0. The third kappa shape index (κ3) is 37.5. The summed E-state index contributed by atoms with van der Waals surface area (Å²) >= 11 is 41.0. The van der Waals surface area contributed by atoms with Gasteiger partial charge >= 0.3 is 51.0 Å². The van der Waals surface area contributed by atoms with Gasteiger partial charge in [0.1, 0.15) is 0 Å². The summed E-state index contributed by atoms with van der Waals surface area (Å²) < 4.78 is 8.60. The molecule has 6 aromatic heterocycles. The second kappa shape index (κ2) is 49.6. The average Bonchev–Trinajstić information content (AvgIpc) is 4.16. The average molecular weight is 1650 g/mol. The summed E-state index contributed by atoms with van der Waals surface area (Å²) in [5.41, 5.74) is 5.73. The molecule has 0 aliphatic carbocycles. The number of halogens is 9. The maximum absolute atomic E-state index is 3.69. The molecule has 0 bridgehead atoms. The van der Waals surface area contributed by atoms with Crippen LogP contribution in [0, 0.1) is 10.8 Å². The number of thiophene rings is 6. The first kappa shape index (κ1) is 74.0. The van der Waals surface area contributed by atoms with Crippen LogP contribution in [0.4, 0.5) is 0 Å². The fourth-order valence-electron chi connectivity index (χ4n) is 5.78. The molecule has 6 rings (SSSR count). The SMILES string of the molecule is Brc1ccc(-c2ccc(Br)s2)s1.C.CCCCCCc1[c-]sc(Br)c1.CCCCCCc1c[c-]sc1Br.CCCCCCc1cc(Br)sc1Br.CCCCCCc1csc(Br)c1.[Br-].[Mg+2].[Ni][Br]. The van der Waals surface area contributed by atoms with Gasteiger partial charge in [-0.25, -0.2) is 0 Å².